The predicted octanol–water partition coefficient (Wildman–Crippen LogP) is 15.2. The Bertz CT molecular complexity index is 946. The second-order valence-corrected chi connectivity index (χ2v) is 18.1. The van der Waals surface area contributed by atoms with E-state index in [1.165, 1.54) is 186 Å². The highest BCUT2D eigenvalue weighted by Gasteiger charge is 2.25. The zero-order chi connectivity index (χ0) is 42.3. The van der Waals surface area contributed by atoms with Crippen LogP contribution in [0.1, 0.15) is 245 Å². The second-order valence-electron chi connectivity index (χ2n) is 16.7. The molecule has 0 amide bonds. The second kappa shape index (κ2) is 47.0. The van der Waals surface area contributed by atoms with E-state index in [0.717, 1.165) is 38.5 Å². The van der Waals surface area contributed by atoms with Crippen LogP contribution < -0.4 is 5.73 Å². The van der Waals surface area contributed by atoms with Crippen molar-refractivity contribution in [1.29, 1.82) is 0 Å². The third kappa shape index (κ3) is 46.1. The van der Waals surface area contributed by atoms with Gasteiger partial charge in [-0.2, -0.15) is 0 Å². The van der Waals surface area contributed by atoms with Gasteiger partial charge in [-0.15, -0.1) is 0 Å². The molecule has 2 atom stereocenters. The summed E-state index contributed by atoms with van der Waals surface area (Å²) in [5.41, 5.74) is 5.38. The van der Waals surface area contributed by atoms with Crippen LogP contribution in [-0.2, 0) is 27.9 Å². The lowest BCUT2D eigenvalue weighted by molar-refractivity contribution is -0.154. The number of esters is 1. The summed E-state index contributed by atoms with van der Waals surface area (Å²) in [6.45, 7) is 4.96. The maximum Gasteiger partial charge on any atom is 0.472 e. The van der Waals surface area contributed by atoms with Crippen LogP contribution in [0.2, 0.25) is 0 Å². The monoisotopic (exact) mass is 842 g/mol. The molecule has 3 N–H and O–H groups in total. The van der Waals surface area contributed by atoms with Crippen LogP contribution >= 0.6 is 7.82 Å². The zero-order valence-corrected chi connectivity index (χ0v) is 39.2. The summed E-state index contributed by atoms with van der Waals surface area (Å²) in [5, 5.41) is 0. The molecule has 0 fully saturated rings. The van der Waals surface area contributed by atoms with Gasteiger partial charge in [-0.05, 0) is 44.9 Å². The van der Waals surface area contributed by atoms with Crippen molar-refractivity contribution in [2.75, 3.05) is 33.0 Å². The number of phosphoric acid groups is 1. The van der Waals surface area contributed by atoms with Crippen LogP contribution in [0.4, 0.5) is 0 Å². The van der Waals surface area contributed by atoms with Crippen LogP contribution in [0.3, 0.4) is 0 Å². The first-order valence-corrected chi connectivity index (χ1v) is 26.3. The van der Waals surface area contributed by atoms with Crippen molar-refractivity contribution in [1.82, 2.24) is 0 Å². The van der Waals surface area contributed by atoms with Gasteiger partial charge in [-0.1, -0.05) is 218 Å². The molecule has 0 aromatic rings. The normalized spacial score (nSPS) is 13.5. The average Bonchev–Trinajstić information content (AvgIpc) is 3.21. The maximum atomic E-state index is 12.6. The molecule has 0 aliphatic rings. The number of unbranched alkanes of at least 4 members (excludes halogenated alkanes) is 31. The number of hydrogen-bond donors (Lipinski definition) is 2. The summed E-state index contributed by atoms with van der Waals surface area (Å²) < 4.78 is 33.6. The summed E-state index contributed by atoms with van der Waals surface area (Å²) in [6, 6.07) is 0. The van der Waals surface area contributed by atoms with E-state index in [0.29, 0.717) is 13.0 Å². The first-order chi connectivity index (χ1) is 28.4. The van der Waals surface area contributed by atoms with Gasteiger partial charge in [0.15, 0.2) is 0 Å². The maximum absolute atomic E-state index is 12.6. The van der Waals surface area contributed by atoms with E-state index in [9.17, 15) is 14.3 Å². The fraction of sp³-hybridized carbons (Fsp3) is 0.898. The Kier molecular flexibility index (Phi) is 46.2. The number of carbonyl (C=O) groups is 1. The molecule has 0 aliphatic carbocycles. The third-order valence-corrected chi connectivity index (χ3v) is 11.9. The molecule has 0 aromatic carbocycles. The van der Waals surface area contributed by atoms with Gasteiger partial charge in [-0.3, -0.25) is 13.8 Å². The quantitative estimate of drug-likeness (QED) is 0.0269. The van der Waals surface area contributed by atoms with Crippen molar-refractivity contribution >= 4 is 13.8 Å². The molecule has 0 rings (SSSR count). The van der Waals surface area contributed by atoms with Crippen molar-refractivity contribution in [3.8, 4) is 0 Å². The fourth-order valence-corrected chi connectivity index (χ4v) is 7.97. The van der Waals surface area contributed by atoms with E-state index in [4.69, 9.17) is 24.3 Å². The van der Waals surface area contributed by atoms with Gasteiger partial charge >= 0.3 is 13.8 Å². The molecule has 58 heavy (non-hydrogen) atoms. The molecule has 0 saturated carbocycles. The predicted molar refractivity (Wildman–Crippen MR) is 247 cm³/mol. The van der Waals surface area contributed by atoms with Gasteiger partial charge in [0.05, 0.1) is 19.8 Å². The number of phosphoric ester groups is 1. The van der Waals surface area contributed by atoms with Gasteiger partial charge in [0.1, 0.15) is 6.10 Å². The standard InChI is InChI=1S/C49H96NO7P/c1-3-5-7-9-11-13-15-17-19-21-23-24-25-26-28-30-32-34-36-38-40-42-49(51)57-48(47-56-58(52,53)55-45-43-50)46-54-44-41-39-37-35-33-31-29-27-22-20-18-16-14-12-10-8-6-4-2/h15,17,21,23,48H,3-14,16,18-20,22,24-47,50H2,1-2H3,(H,52,53)/b17-15-,23-21-. The minimum absolute atomic E-state index is 0.0939. The molecule has 2 unspecified atom stereocenters. The van der Waals surface area contributed by atoms with Gasteiger partial charge < -0.3 is 20.1 Å². The summed E-state index contributed by atoms with van der Waals surface area (Å²) in [7, 11) is -4.28. The van der Waals surface area contributed by atoms with Gasteiger partial charge in [0.2, 0.25) is 0 Å². The van der Waals surface area contributed by atoms with E-state index in [-0.39, 0.29) is 32.3 Å². The van der Waals surface area contributed by atoms with Crippen molar-refractivity contribution < 1.29 is 32.8 Å². The van der Waals surface area contributed by atoms with Crippen molar-refractivity contribution in [2.24, 2.45) is 5.73 Å². The molecule has 0 heterocycles. The topological polar surface area (TPSA) is 117 Å². The van der Waals surface area contributed by atoms with E-state index in [1.54, 1.807) is 0 Å². The van der Waals surface area contributed by atoms with Gasteiger partial charge in [-0.25, -0.2) is 4.57 Å². The summed E-state index contributed by atoms with van der Waals surface area (Å²) >= 11 is 0. The highest BCUT2D eigenvalue weighted by atomic mass is 31.2. The summed E-state index contributed by atoms with van der Waals surface area (Å²) in [5.74, 6) is -0.330. The number of rotatable bonds is 48. The first kappa shape index (κ1) is 57.0. The van der Waals surface area contributed by atoms with Crippen LogP contribution in [0.15, 0.2) is 24.3 Å². The lowest BCUT2D eigenvalue weighted by Gasteiger charge is -2.20. The molecular formula is C49H96NO7P. The smallest absolute Gasteiger partial charge is 0.457 e. The molecule has 0 bridgehead atoms. The van der Waals surface area contributed by atoms with Crippen LogP contribution in [0.5, 0.6) is 0 Å². The number of nitrogens with two attached hydrogens (primary N) is 1. The zero-order valence-electron chi connectivity index (χ0n) is 38.3. The minimum Gasteiger partial charge on any atom is -0.457 e. The number of ether oxygens (including phenoxy) is 2. The lowest BCUT2D eigenvalue weighted by atomic mass is 10.0. The van der Waals surface area contributed by atoms with E-state index < -0.39 is 13.9 Å². The van der Waals surface area contributed by atoms with E-state index in [2.05, 4.69) is 38.2 Å². The molecule has 9 heteroatoms. The Morgan fingerprint density at radius 2 is 0.914 bits per heavy atom. The molecule has 0 spiro atoms. The van der Waals surface area contributed by atoms with Crippen molar-refractivity contribution in [3.05, 3.63) is 24.3 Å². The molecule has 0 radical (unpaired) electrons. The SMILES string of the molecule is CCCCCCC/C=C\C/C=C\CCCCCCCCCCCC(=O)OC(COCCCCCCCCCCCCCCCCCCCC)COP(=O)(O)OCCN. The molecule has 8 nitrogen and oxygen atoms in total. The minimum atomic E-state index is -4.28. The molecule has 0 saturated heterocycles. The van der Waals surface area contributed by atoms with E-state index >= 15 is 0 Å². The highest BCUT2D eigenvalue weighted by molar-refractivity contribution is 7.47. The lowest BCUT2D eigenvalue weighted by Crippen LogP contribution is -2.28. The van der Waals surface area contributed by atoms with Gasteiger partial charge in [0, 0.05) is 19.6 Å². The molecule has 344 valence electrons. The summed E-state index contributed by atoms with van der Waals surface area (Å²) in [4.78, 5) is 22.6. The molecule has 0 aliphatic heterocycles. The van der Waals surface area contributed by atoms with Gasteiger partial charge in [0.25, 0.3) is 0 Å². The number of carbonyl (C=O) groups excluding carboxylic acids is 1. The van der Waals surface area contributed by atoms with E-state index in [1.807, 2.05) is 0 Å². The Labute approximate surface area is 359 Å². The Hall–Kier alpha value is -1.02. The van der Waals surface area contributed by atoms with Crippen molar-refractivity contribution in [2.45, 2.75) is 251 Å². The third-order valence-electron chi connectivity index (χ3n) is 10.9. The molecule has 0 aromatic heterocycles. The van der Waals surface area contributed by atoms with Crippen LogP contribution in [-0.4, -0.2) is 49.9 Å². The average molecular weight is 842 g/mol. The van der Waals surface area contributed by atoms with Crippen molar-refractivity contribution in [3.63, 3.8) is 0 Å². The Morgan fingerprint density at radius 3 is 1.34 bits per heavy atom. The number of allylic oxidation sites excluding steroid dienone is 4. The Balaban J connectivity index is 3.94. The highest BCUT2D eigenvalue weighted by Crippen LogP contribution is 2.43. The summed E-state index contributed by atoms with van der Waals surface area (Å²) in [6.07, 6.45) is 53.4. The van der Waals surface area contributed by atoms with Crippen LogP contribution in [0.25, 0.3) is 0 Å². The fourth-order valence-electron chi connectivity index (χ4n) is 7.21. The van der Waals surface area contributed by atoms with Crippen LogP contribution in [0, 0.1) is 0 Å². The number of hydrogen-bond acceptors (Lipinski definition) is 7. The largest absolute Gasteiger partial charge is 0.472 e. The Morgan fingerprint density at radius 1 is 0.517 bits per heavy atom. The molecular weight excluding hydrogens is 746 g/mol. The first-order valence-electron chi connectivity index (χ1n) is 24.8.